The quantitative estimate of drug-likeness (QED) is 0.532. The third-order valence-corrected chi connectivity index (χ3v) is 4.97. The van der Waals surface area contributed by atoms with E-state index in [-0.39, 0.29) is 31.4 Å². The van der Waals surface area contributed by atoms with Crippen LogP contribution in [0.4, 0.5) is 4.79 Å². The first kappa shape index (κ1) is 25.1. The van der Waals surface area contributed by atoms with Crippen LogP contribution < -0.4 is 10.6 Å². The average Bonchev–Trinajstić information content (AvgIpc) is 2.80. The van der Waals surface area contributed by atoms with Crippen molar-refractivity contribution in [2.75, 3.05) is 26.3 Å². The summed E-state index contributed by atoms with van der Waals surface area (Å²) in [6.07, 6.45) is 0.557. The lowest BCUT2D eigenvalue weighted by Crippen LogP contribution is -2.55. The highest BCUT2D eigenvalue weighted by atomic mass is 16.5. The number of nitrogens with zero attached hydrogens (tertiary/aromatic N) is 2. The Balaban J connectivity index is 1.83. The van der Waals surface area contributed by atoms with E-state index in [1.807, 2.05) is 50.2 Å². The van der Waals surface area contributed by atoms with E-state index in [0.29, 0.717) is 32.7 Å². The van der Waals surface area contributed by atoms with Crippen LogP contribution in [0.3, 0.4) is 0 Å². The number of nitrogens with one attached hydrogen (secondary N) is 2. The van der Waals surface area contributed by atoms with Crippen LogP contribution in [0.15, 0.2) is 30.3 Å². The molecule has 0 spiro atoms. The number of nitriles is 1. The highest BCUT2D eigenvalue weighted by molar-refractivity contribution is 5.87. The Hall–Kier alpha value is -3.12. The van der Waals surface area contributed by atoms with Crippen molar-refractivity contribution in [2.24, 2.45) is 5.92 Å². The van der Waals surface area contributed by atoms with E-state index in [4.69, 9.17) is 9.47 Å². The maximum absolute atomic E-state index is 12.8. The van der Waals surface area contributed by atoms with Crippen molar-refractivity contribution in [1.29, 1.82) is 5.26 Å². The molecule has 1 fully saturated rings. The predicted octanol–water partition coefficient (Wildman–Crippen LogP) is 1.97. The number of esters is 1. The molecule has 9 heteroatoms. The van der Waals surface area contributed by atoms with Gasteiger partial charge in [-0.2, -0.15) is 5.26 Å². The van der Waals surface area contributed by atoms with Gasteiger partial charge in [-0.25, -0.2) is 4.79 Å². The highest BCUT2D eigenvalue weighted by Gasteiger charge is 2.27. The van der Waals surface area contributed by atoms with Crippen LogP contribution >= 0.6 is 0 Å². The second-order valence-electron chi connectivity index (χ2n) is 8.11. The van der Waals surface area contributed by atoms with Crippen LogP contribution in [0, 0.1) is 17.2 Å². The molecule has 0 saturated carbocycles. The number of hydrogen-bond donors (Lipinski definition) is 2. The van der Waals surface area contributed by atoms with Gasteiger partial charge in [-0.3, -0.25) is 9.59 Å². The number of benzene rings is 1. The Bertz CT molecular complexity index is 787. The standard InChI is InChI=1S/C23H32N4O5/c1-17(2)14-20(26-23(30)27-10-12-31-13-11-27)22(29)25-19(15-24)8-9-21(28)32-16-18-6-4-3-5-7-18/h3-7,17,19-20H,8-14,16H2,1-2H3,(H,25,29)(H,26,30). The van der Waals surface area contributed by atoms with E-state index in [2.05, 4.69) is 10.6 Å². The lowest BCUT2D eigenvalue weighted by molar-refractivity contribution is -0.145. The number of amides is 3. The molecule has 1 aliphatic heterocycles. The van der Waals surface area contributed by atoms with Crippen LogP contribution in [-0.4, -0.2) is 61.2 Å². The minimum absolute atomic E-state index is 0.000322. The first-order valence-electron chi connectivity index (χ1n) is 10.9. The van der Waals surface area contributed by atoms with Crippen molar-refractivity contribution >= 4 is 17.9 Å². The Morgan fingerprint density at radius 3 is 2.47 bits per heavy atom. The number of carbonyl (C=O) groups excluding carboxylic acids is 3. The normalized spacial score (nSPS) is 15.4. The average molecular weight is 445 g/mol. The molecule has 0 aliphatic carbocycles. The fraction of sp³-hybridized carbons (Fsp3) is 0.565. The van der Waals surface area contributed by atoms with Crippen molar-refractivity contribution in [3.05, 3.63) is 35.9 Å². The molecule has 0 radical (unpaired) electrons. The van der Waals surface area contributed by atoms with Gasteiger partial charge in [-0.15, -0.1) is 0 Å². The molecule has 32 heavy (non-hydrogen) atoms. The van der Waals surface area contributed by atoms with Gasteiger partial charge < -0.3 is 25.0 Å². The first-order chi connectivity index (χ1) is 15.4. The number of ether oxygens (including phenoxy) is 2. The van der Waals surface area contributed by atoms with E-state index >= 15 is 0 Å². The molecule has 2 N–H and O–H groups in total. The van der Waals surface area contributed by atoms with E-state index in [1.165, 1.54) is 0 Å². The van der Waals surface area contributed by atoms with Gasteiger partial charge in [0.05, 0.1) is 19.3 Å². The zero-order chi connectivity index (χ0) is 23.3. The minimum atomic E-state index is -0.860. The smallest absolute Gasteiger partial charge is 0.318 e. The largest absolute Gasteiger partial charge is 0.461 e. The second kappa shape index (κ2) is 13.3. The van der Waals surface area contributed by atoms with E-state index in [9.17, 15) is 19.6 Å². The Labute approximate surface area is 189 Å². The maximum Gasteiger partial charge on any atom is 0.318 e. The van der Waals surface area contributed by atoms with Gasteiger partial charge in [0, 0.05) is 19.5 Å². The number of urea groups is 1. The van der Waals surface area contributed by atoms with Gasteiger partial charge in [-0.1, -0.05) is 44.2 Å². The summed E-state index contributed by atoms with van der Waals surface area (Å²) in [4.78, 5) is 38.9. The summed E-state index contributed by atoms with van der Waals surface area (Å²) in [5, 5.41) is 14.8. The van der Waals surface area contributed by atoms with Gasteiger partial charge in [0.25, 0.3) is 0 Å². The molecular formula is C23H32N4O5. The maximum atomic E-state index is 12.8. The SMILES string of the molecule is CC(C)CC(NC(=O)N1CCOCC1)C(=O)NC(C#N)CCC(=O)OCc1ccccc1. The van der Waals surface area contributed by atoms with Gasteiger partial charge >= 0.3 is 12.0 Å². The number of carbonyl (C=O) groups is 3. The monoisotopic (exact) mass is 444 g/mol. The van der Waals surface area contributed by atoms with E-state index < -0.39 is 24.0 Å². The fourth-order valence-corrected chi connectivity index (χ4v) is 3.22. The Morgan fingerprint density at radius 2 is 1.84 bits per heavy atom. The molecule has 2 atom stereocenters. The topological polar surface area (TPSA) is 121 Å². The zero-order valence-corrected chi connectivity index (χ0v) is 18.7. The zero-order valence-electron chi connectivity index (χ0n) is 18.7. The molecule has 174 valence electrons. The van der Waals surface area contributed by atoms with Crippen LogP contribution in [0.25, 0.3) is 0 Å². The third-order valence-electron chi connectivity index (χ3n) is 4.97. The number of hydrogen-bond acceptors (Lipinski definition) is 6. The lowest BCUT2D eigenvalue weighted by Gasteiger charge is -2.29. The van der Waals surface area contributed by atoms with Gasteiger partial charge in [0.1, 0.15) is 18.7 Å². The van der Waals surface area contributed by atoms with Crippen LogP contribution in [0.2, 0.25) is 0 Å². The lowest BCUT2D eigenvalue weighted by atomic mass is 10.0. The molecular weight excluding hydrogens is 412 g/mol. The van der Waals surface area contributed by atoms with Crippen molar-refractivity contribution < 1.29 is 23.9 Å². The molecule has 2 unspecified atom stereocenters. The predicted molar refractivity (Wildman–Crippen MR) is 117 cm³/mol. The molecule has 0 aromatic heterocycles. The van der Waals surface area contributed by atoms with E-state index in [1.54, 1.807) is 4.90 Å². The summed E-state index contributed by atoms with van der Waals surface area (Å²) >= 11 is 0. The Morgan fingerprint density at radius 1 is 1.16 bits per heavy atom. The number of morpholine rings is 1. The fourth-order valence-electron chi connectivity index (χ4n) is 3.22. The molecule has 1 heterocycles. The van der Waals surface area contributed by atoms with Crippen LogP contribution in [0.1, 0.15) is 38.7 Å². The van der Waals surface area contributed by atoms with E-state index in [0.717, 1.165) is 5.56 Å². The molecule has 1 aliphatic rings. The van der Waals surface area contributed by atoms with Crippen molar-refractivity contribution in [2.45, 2.75) is 51.8 Å². The van der Waals surface area contributed by atoms with Crippen LogP contribution in [-0.2, 0) is 25.7 Å². The summed E-state index contributed by atoms with van der Waals surface area (Å²) in [5.41, 5.74) is 0.874. The summed E-state index contributed by atoms with van der Waals surface area (Å²) in [7, 11) is 0. The molecule has 3 amide bonds. The highest BCUT2D eigenvalue weighted by Crippen LogP contribution is 2.09. The summed E-state index contributed by atoms with van der Waals surface area (Å²) in [6, 6.07) is 9.35. The Kier molecular flexibility index (Phi) is 10.5. The molecule has 1 aromatic carbocycles. The van der Waals surface area contributed by atoms with Crippen molar-refractivity contribution in [3.63, 3.8) is 0 Å². The van der Waals surface area contributed by atoms with Crippen LogP contribution in [0.5, 0.6) is 0 Å². The first-order valence-corrected chi connectivity index (χ1v) is 10.9. The van der Waals surface area contributed by atoms with Gasteiger partial charge in [0.15, 0.2) is 0 Å². The third kappa shape index (κ3) is 8.94. The summed E-state index contributed by atoms with van der Waals surface area (Å²) < 4.78 is 10.5. The van der Waals surface area contributed by atoms with Crippen molar-refractivity contribution in [1.82, 2.24) is 15.5 Å². The molecule has 9 nitrogen and oxygen atoms in total. The molecule has 0 bridgehead atoms. The van der Waals surface area contributed by atoms with Gasteiger partial charge in [-0.05, 0) is 24.3 Å². The summed E-state index contributed by atoms with van der Waals surface area (Å²) in [6.45, 7) is 5.92. The van der Waals surface area contributed by atoms with Gasteiger partial charge in [0.2, 0.25) is 5.91 Å². The molecule has 1 aromatic rings. The number of rotatable bonds is 10. The minimum Gasteiger partial charge on any atom is -0.461 e. The molecule has 1 saturated heterocycles. The van der Waals surface area contributed by atoms with Crippen molar-refractivity contribution in [3.8, 4) is 6.07 Å². The molecule has 2 rings (SSSR count). The second-order valence-corrected chi connectivity index (χ2v) is 8.11. The summed E-state index contributed by atoms with van der Waals surface area (Å²) in [5.74, 6) is -0.726.